The molecule has 1 saturated carbocycles. The molecule has 1 aliphatic carbocycles. The van der Waals surface area contributed by atoms with Crippen LogP contribution >= 0.6 is 0 Å². The summed E-state index contributed by atoms with van der Waals surface area (Å²) >= 11 is 0. The van der Waals surface area contributed by atoms with E-state index in [1.165, 1.54) is 18.5 Å². The smallest absolute Gasteiger partial charge is 0.0573 e. The molecule has 0 spiro atoms. The van der Waals surface area contributed by atoms with Crippen LogP contribution in [0.2, 0.25) is 0 Å². The van der Waals surface area contributed by atoms with Crippen LogP contribution in [-0.2, 0) is 0 Å². The Labute approximate surface area is 79.4 Å². The van der Waals surface area contributed by atoms with Gasteiger partial charge in [0.15, 0.2) is 0 Å². The van der Waals surface area contributed by atoms with Crippen LogP contribution in [0.15, 0.2) is 24.4 Å². The summed E-state index contributed by atoms with van der Waals surface area (Å²) in [7, 11) is 0. The van der Waals surface area contributed by atoms with E-state index in [1.807, 2.05) is 12.3 Å². The predicted molar refractivity (Wildman–Crippen MR) is 53.4 cm³/mol. The fraction of sp³-hybridized carbons (Fsp3) is 0.545. The van der Waals surface area contributed by atoms with E-state index in [1.54, 1.807) is 0 Å². The summed E-state index contributed by atoms with van der Waals surface area (Å²) in [5, 5.41) is 3.59. The summed E-state index contributed by atoms with van der Waals surface area (Å²) in [6, 6.07) is 7.33. The number of pyridine rings is 1. The molecule has 1 unspecified atom stereocenters. The van der Waals surface area contributed by atoms with Crippen molar-refractivity contribution in [3.8, 4) is 0 Å². The zero-order valence-corrected chi connectivity index (χ0v) is 8.03. The maximum absolute atomic E-state index is 4.37. The Kier molecular flexibility index (Phi) is 2.60. The van der Waals surface area contributed by atoms with Gasteiger partial charge in [-0.2, -0.15) is 0 Å². The average Bonchev–Trinajstić information content (AvgIpc) is 2.99. The molecule has 13 heavy (non-hydrogen) atoms. The van der Waals surface area contributed by atoms with Gasteiger partial charge < -0.3 is 5.32 Å². The first kappa shape index (κ1) is 8.70. The number of nitrogens with one attached hydrogen (secondary N) is 1. The van der Waals surface area contributed by atoms with Crippen molar-refractivity contribution >= 4 is 0 Å². The highest BCUT2D eigenvalue weighted by Crippen LogP contribution is 2.24. The molecule has 1 heterocycles. The van der Waals surface area contributed by atoms with Gasteiger partial charge in [-0.05, 0) is 31.4 Å². The minimum absolute atomic E-state index is 0.452. The topological polar surface area (TPSA) is 24.9 Å². The molecule has 1 aromatic heterocycles. The van der Waals surface area contributed by atoms with Gasteiger partial charge in [0.1, 0.15) is 0 Å². The fourth-order valence-electron chi connectivity index (χ4n) is 1.53. The molecule has 1 N–H and O–H groups in total. The molecule has 0 saturated heterocycles. The SMILES string of the molecule is CCC(NC1CC1)c1ccccn1. The molecule has 2 heteroatoms. The number of hydrogen-bond donors (Lipinski definition) is 1. The van der Waals surface area contributed by atoms with Crippen molar-refractivity contribution < 1.29 is 0 Å². The molecule has 2 nitrogen and oxygen atoms in total. The van der Waals surface area contributed by atoms with Crippen molar-refractivity contribution in [3.05, 3.63) is 30.1 Å². The third-order valence-electron chi connectivity index (χ3n) is 2.47. The van der Waals surface area contributed by atoms with E-state index >= 15 is 0 Å². The molecule has 1 fully saturated rings. The third-order valence-corrected chi connectivity index (χ3v) is 2.47. The maximum atomic E-state index is 4.37. The molecule has 1 aromatic rings. The normalized spacial score (nSPS) is 18.5. The van der Waals surface area contributed by atoms with Gasteiger partial charge in [0.2, 0.25) is 0 Å². The van der Waals surface area contributed by atoms with Crippen molar-refractivity contribution in [2.24, 2.45) is 0 Å². The van der Waals surface area contributed by atoms with E-state index in [0.29, 0.717) is 6.04 Å². The van der Waals surface area contributed by atoms with Crippen molar-refractivity contribution in [2.75, 3.05) is 0 Å². The van der Waals surface area contributed by atoms with Crippen molar-refractivity contribution in [1.29, 1.82) is 0 Å². The molecule has 0 bridgehead atoms. The first-order chi connectivity index (χ1) is 6.40. The van der Waals surface area contributed by atoms with Crippen molar-refractivity contribution in [1.82, 2.24) is 10.3 Å². The summed E-state index contributed by atoms with van der Waals surface area (Å²) in [4.78, 5) is 4.37. The largest absolute Gasteiger partial charge is 0.306 e. The highest BCUT2D eigenvalue weighted by molar-refractivity contribution is 5.09. The Morgan fingerprint density at radius 2 is 2.38 bits per heavy atom. The quantitative estimate of drug-likeness (QED) is 0.761. The maximum Gasteiger partial charge on any atom is 0.0573 e. The van der Waals surface area contributed by atoms with Crippen LogP contribution in [0.5, 0.6) is 0 Å². The van der Waals surface area contributed by atoms with Crippen LogP contribution in [-0.4, -0.2) is 11.0 Å². The Morgan fingerprint density at radius 1 is 1.54 bits per heavy atom. The lowest BCUT2D eigenvalue weighted by Crippen LogP contribution is -2.23. The van der Waals surface area contributed by atoms with Gasteiger partial charge in [-0.3, -0.25) is 4.98 Å². The lowest BCUT2D eigenvalue weighted by Gasteiger charge is -2.15. The molecular formula is C11H16N2. The van der Waals surface area contributed by atoms with Gasteiger partial charge in [-0.1, -0.05) is 13.0 Å². The molecule has 0 aromatic carbocycles. The summed E-state index contributed by atoms with van der Waals surface area (Å²) in [6.07, 6.45) is 5.66. The molecule has 1 aliphatic rings. The predicted octanol–water partition coefficient (Wildman–Crippen LogP) is 2.28. The average molecular weight is 176 g/mol. The second kappa shape index (κ2) is 3.88. The second-order valence-electron chi connectivity index (χ2n) is 3.66. The van der Waals surface area contributed by atoms with Gasteiger partial charge in [0.25, 0.3) is 0 Å². The molecule has 2 rings (SSSR count). The van der Waals surface area contributed by atoms with E-state index in [0.717, 1.165) is 12.5 Å². The lowest BCUT2D eigenvalue weighted by atomic mass is 10.1. The highest BCUT2D eigenvalue weighted by atomic mass is 15.0. The van der Waals surface area contributed by atoms with Gasteiger partial charge in [0.05, 0.1) is 5.69 Å². The van der Waals surface area contributed by atoms with E-state index in [9.17, 15) is 0 Å². The van der Waals surface area contributed by atoms with Gasteiger partial charge in [-0.25, -0.2) is 0 Å². The summed E-state index contributed by atoms with van der Waals surface area (Å²) in [5.74, 6) is 0. The van der Waals surface area contributed by atoms with E-state index in [-0.39, 0.29) is 0 Å². The number of rotatable bonds is 4. The summed E-state index contributed by atoms with van der Waals surface area (Å²) in [5.41, 5.74) is 1.18. The molecule has 0 amide bonds. The number of hydrogen-bond acceptors (Lipinski definition) is 2. The van der Waals surface area contributed by atoms with Crippen LogP contribution < -0.4 is 5.32 Å². The molecule has 0 radical (unpaired) electrons. The van der Waals surface area contributed by atoms with Crippen LogP contribution in [0.25, 0.3) is 0 Å². The van der Waals surface area contributed by atoms with Crippen molar-refractivity contribution in [3.63, 3.8) is 0 Å². The van der Waals surface area contributed by atoms with Crippen LogP contribution in [0.1, 0.15) is 37.9 Å². The Hall–Kier alpha value is -0.890. The van der Waals surface area contributed by atoms with Gasteiger partial charge in [-0.15, -0.1) is 0 Å². The van der Waals surface area contributed by atoms with Crippen LogP contribution in [0.3, 0.4) is 0 Å². The first-order valence-corrected chi connectivity index (χ1v) is 5.07. The number of nitrogens with zero attached hydrogens (tertiary/aromatic N) is 1. The van der Waals surface area contributed by atoms with E-state index in [2.05, 4.69) is 29.4 Å². The number of aromatic nitrogens is 1. The van der Waals surface area contributed by atoms with Crippen molar-refractivity contribution in [2.45, 2.75) is 38.3 Å². The van der Waals surface area contributed by atoms with Crippen LogP contribution in [0, 0.1) is 0 Å². The molecule has 1 atom stereocenters. The van der Waals surface area contributed by atoms with Gasteiger partial charge >= 0.3 is 0 Å². The first-order valence-electron chi connectivity index (χ1n) is 5.07. The Bertz CT molecular complexity index is 254. The minimum Gasteiger partial charge on any atom is -0.306 e. The third kappa shape index (κ3) is 2.28. The highest BCUT2D eigenvalue weighted by Gasteiger charge is 2.24. The minimum atomic E-state index is 0.452. The van der Waals surface area contributed by atoms with E-state index in [4.69, 9.17) is 0 Å². The zero-order chi connectivity index (χ0) is 9.10. The van der Waals surface area contributed by atoms with Crippen LogP contribution in [0.4, 0.5) is 0 Å². The zero-order valence-electron chi connectivity index (χ0n) is 8.03. The molecule has 0 aliphatic heterocycles. The fourth-order valence-corrected chi connectivity index (χ4v) is 1.53. The van der Waals surface area contributed by atoms with E-state index < -0.39 is 0 Å². The molecular weight excluding hydrogens is 160 g/mol. The summed E-state index contributed by atoms with van der Waals surface area (Å²) < 4.78 is 0. The second-order valence-corrected chi connectivity index (χ2v) is 3.66. The summed E-state index contributed by atoms with van der Waals surface area (Å²) in [6.45, 7) is 2.20. The lowest BCUT2D eigenvalue weighted by molar-refractivity contribution is 0.505. The standard InChI is InChI=1S/C11H16N2/c1-2-10(13-9-6-7-9)11-5-3-4-8-12-11/h3-5,8-10,13H,2,6-7H2,1H3. The Balaban J connectivity index is 2.02. The Morgan fingerprint density at radius 3 is 2.92 bits per heavy atom. The monoisotopic (exact) mass is 176 g/mol. The van der Waals surface area contributed by atoms with Gasteiger partial charge in [0, 0.05) is 18.3 Å². The molecule has 70 valence electrons.